The van der Waals surface area contributed by atoms with E-state index in [1.54, 1.807) is 0 Å². The van der Waals surface area contributed by atoms with E-state index in [0.717, 1.165) is 12.1 Å². The Balaban J connectivity index is 1.76. The Bertz CT molecular complexity index is 1200. The minimum atomic E-state index is -2.80. The lowest BCUT2D eigenvalue weighted by atomic mass is 10.1. The molecule has 37 heavy (non-hydrogen) atoms. The Kier molecular flexibility index (Phi) is 8.73. The van der Waals surface area contributed by atoms with Gasteiger partial charge >= 0.3 is 14.8 Å². The maximum atomic E-state index is 14.2. The average Bonchev–Trinajstić information content (AvgIpc) is 2.89. The van der Waals surface area contributed by atoms with E-state index in [4.69, 9.17) is 27.5 Å². The molecule has 10 nitrogen and oxygen atoms in total. The van der Waals surface area contributed by atoms with Crippen molar-refractivity contribution in [2.45, 2.75) is 38.3 Å². The van der Waals surface area contributed by atoms with E-state index in [9.17, 15) is 32.5 Å². The van der Waals surface area contributed by atoms with E-state index in [0.29, 0.717) is 18.9 Å². The zero-order chi connectivity index (χ0) is 27.5. The van der Waals surface area contributed by atoms with Crippen molar-refractivity contribution in [3.63, 3.8) is 0 Å². The van der Waals surface area contributed by atoms with E-state index in [1.807, 2.05) is 0 Å². The van der Waals surface area contributed by atoms with Gasteiger partial charge in [-0.2, -0.15) is 8.78 Å². The molecule has 0 aromatic heterocycles. The monoisotopic (exact) mass is 549 g/mol. The predicted octanol–water partition coefficient (Wildman–Crippen LogP) is 5.70. The fraction of sp³-hybridized carbons (Fsp3) is 0.409. The third-order valence-corrected chi connectivity index (χ3v) is 8.52. The number of rotatable bonds is 11. The number of fused-ring (bicyclic) bond motifs is 2. The zero-order valence-electron chi connectivity index (χ0n) is 20.2. The average molecular weight is 550 g/mol. The van der Waals surface area contributed by atoms with Gasteiger partial charge in [-0.25, -0.2) is 8.78 Å². The molecule has 1 heterocycles. The lowest BCUT2D eigenvalue weighted by Crippen LogP contribution is -2.42. The Morgan fingerprint density at radius 1 is 0.946 bits per heavy atom. The van der Waals surface area contributed by atoms with Gasteiger partial charge in [-0.1, -0.05) is 0 Å². The minimum absolute atomic E-state index is 0.0208. The maximum Gasteiger partial charge on any atom is 0.500 e. The summed E-state index contributed by atoms with van der Waals surface area (Å²) in [7, 11) is 1.60. The second-order valence-corrected chi connectivity index (χ2v) is 11.0. The summed E-state index contributed by atoms with van der Waals surface area (Å²) in [5.74, 6) is -11.6. The number of ether oxygens (including phenoxy) is 3. The highest BCUT2D eigenvalue weighted by Crippen LogP contribution is 2.51. The molecule has 0 saturated carbocycles. The number of carbonyl (C=O) groups is 1. The van der Waals surface area contributed by atoms with Crippen molar-refractivity contribution in [2.75, 3.05) is 21.3 Å². The normalized spacial score (nSPS) is 13.2. The number of nitro groups is 1. The molecule has 0 N–H and O–H groups in total. The van der Waals surface area contributed by atoms with Crippen LogP contribution in [0.5, 0.6) is 23.0 Å². The topological polar surface area (TPSA) is 116 Å². The quantitative estimate of drug-likeness (QED) is 0.0434. The molecule has 0 fully saturated rings. The molecule has 0 saturated heterocycles. The van der Waals surface area contributed by atoms with Crippen molar-refractivity contribution in [1.29, 1.82) is 0 Å². The fourth-order valence-electron chi connectivity index (χ4n) is 3.69. The summed E-state index contributed by atoms with van der Waals surface area (Å²) in [6.45, 7) is 1.36. The number of esters is 1. The zero-order valence-corrected chi connectivity index (χ0v) is 21.2. The van der Waals surface area contributed by atoms with Crippen LogP contribution in [0.3, 0.4) is 0 Å². The van der Waals surface area contributed by atoms with Crippen molar-refractivity contribution < 1.29 is 54.8 Å². The van der Waals surface area contributed by atoms with E-state index < -0.39 is 72.0 Å². The van der Waals surface area contributed by atoms with E-state index in [2.05, 4.69) is 0 Å². The first-order valence-corrected chi connectivity index (χ1v) is 12.8. The van der Waals surface area contributed by atoms with Crippen molar-refractivity contribution in [2.24, 2.45) is 0 Å². The molecule has 0 radical (unpaired) electrons. The summed E-state index contributed by atoms with van der Waals surface area (Å²) in [6, 6.07) is 2.29. The number of carbonyl (C=O) groups excluding carboxylic acids is 1. The Morgan fingerprint density at radius 3 is 1.95 bits per heavy atom. The molecule has 0 spiro atoms. The molecular formula is C22H23F4NO9Si. The first kappa shape index (κ1) is 28.3. The van der Waals surface area contributed by atoms with Crippen LogP contribution in [0.25, 0.3) is 0 Å². The van der Waals surface area contributed by atoms with Crippen LogP contribution in [0.15, 0.2) is 12.1 Å². The molecule has 0 bridgehead atoms. The highest BCUT2D eigenvalue weighted by molar-refractivity contribution is 6.60. The third kappa shape index (κ3) is 5.68. The molecule has 2 aromatic rings. The van der Waals surface area contributed by atoms with Crippen LogP contribution in [0, 0.1) is 33.4 Å². The number of nitrogens with zero attached hydrogens (tertiary/aromatic N) is 1. The minimum Gasteiger partial charge on any atom is -0.457 e. The summed E-state index contributed by atoms with van der Waals surface area (Å²) in [4.78, 5) is 23.2. The summed E-state index contributed by atoms with van der Waals surface area (Å²) >= 11 is 0. The first-order chi connectivity index (χ1) is 17.5. The molecule has 0 amide bonds. The SMILES string of the molecule is CO[Si](CCCCC(=O)OC(C)c1cc2c(cc1[N+](=O)[O-])Oc1c(F)c(F)c(F)c(F)c1O2)(OC)OC. The molecule has 3 rings (SSSR count). The number of nitro benzene ring substituents is 1. The van der Waals surface area contributed by atoms with Gasteiger partial charge in [-0.05, 0) is 25.8 Å². The third-order valence-electron chi connectivity index (χ3n) is 5.69. The van der Waals surface area contributed by atoms with Crippen molar-refractivity contribution in [1.82, 2.24) is 0 Å². The van der Waals surface area contributed by atoms with Gasteiger partial charge in [0.1, 0.15) is 6.10 Å². The number of halogens is 4. The molecule has 1 unspecified atom stereocenters. The summed E-state index contributed by atoms with van der Waals surface area (Å²) < 4.78 is 86.9. The Morgan fingerprint density at radius 2 is 1.46 bits per heavy atom. The van der Waals surface area contributed by atoms with Gasteiger partial charge < -0.3 is 27.5 Å². The standard InChI is InChI=1S/C22H23F4NO9Si/c1-11(34-16(28)7-5-6-8-37(31-2,32-3)33-4)12-9-14-15(10-13(12)27(29)30)36-22-20(26)18(24)17(23)19(25)21(22)35-14/h9-11H,5-8H2,1-4H3. The van der Waals surface area contributed by atoms with Gasteiger partial charge in [0.25, 0.3) is 5.69 Å². The van der Waals surface area contributed by atoms with Crippen LogP contribution in [0.4, 0.5) is 23.2 Å². The molecule has 2 aromatic carbocycles. The van der Waals surface area contributed by atoms with Gasteiger partial charge in [0, 0.05) is 33.8 Å². The van der Waals surface area contributed by atoms with Crippen LogP contribution in [-0.4, -0.2) is 41.0 Å². The molecule has 1 aliphatic heterocycles. The van der Waals surface area contributed by atoms with Crippen LogP contribution < -0.4 is 9.47 Å². The highest BCUT2D eigenvalue weighted by atomic mass is 28.4. The van der Waals surface area contributed by atoms with Crippen molar-refractivity contribution >= 4 is 20.5 Å². The van der Waals surface area contributed by atoms with Gasteiger partial charge in [0.15, 0.2) is 11.5 Å². The van der Waals surface area contributed by atoms with Crippen LogP contribution in [0.1, 0.15) is 37.9 Å². The molecule has 1 atom stereocenters. The van der Waals surface area contributed by atoms with E-state index >= 15 is 0 Å². The van der Waals surface area contributed by atoms with Crippen LogP contribution in [0.2, 0.25) is 6.04 Å². The summed E-state index contributed by atoms with van der Waals surface area (Å²) in [6.07, 6.45) is -0.273. The van der Waals surface area contributed by atoms with Gasteiger partial charge in [0.05, 0.1) is 16.6 Å². The second kappa shape index (κ2) is 11.4. The molecule has 202 valence electrons. The highest BCUT2D eigenvalue weighted by Gasteiger charge is 2.37. The number of unbranched alkanes of at least 4 members (excludes halogenated alkanes) is 1. The Hall–Kier alpha value is -3.27. The molecule has 1 aliphatic rings. The molecule has 15 heteroatoms. The van der Waals surface area contributed by atoms with Gasteiger partial charge in [-0.3, -0.25) is 14.9 Å². The number of hydrogen-bond donors (Lipinski definition) is 0. The second-order valence-electron chi connectivity index (χ2n) is 7.87. The van der Waals surface area contributed by atoms with Crippen LogP contribution >= 0.6 is 0 Å². The lowest BCUT2D eigenvalue weighted by Gasteiger charge is -2.24. The summed E-state index contributed by atoms with van der Waals surface area (Å²) in [5.41, 5.74) is -0.747. The number of benzene rings is 2. The van der Waals surface area contributed by atoms with Gasteiger partial charge in [0.2, 0.25) is 34.8 Å². The largest absolute Gasteiger partial charge is 0.500 e. The Labute approximate surface area is 209 Å². The molecular weight excluding hydrogens is 526 g/mol. The van der Waals surface area contributed by atoms with E-state index in [-0.39, 0.29) is 17.7 Å². The number of hydrogen-bond acceptors (Lipinski definition) is 9. The van der Waals surface area contributed by atoms with E-state index in [1.165, 1.54) is 28.3 Å². The van der Waals surface area contributed by atoms with Crippen LogP contribution in [-0.2, 0) is 22.8 Å². The van der Waals surface area contributed by atoms with Gasteiger partial charge in [-0.15, -0.1) is 0 Å². The van der Waals surface area contributed by atoms with Crippen molar-refractivity contribution in [3.05, 3.63) is 51.1 Å². The summed E-state index contributed by atoms with van der Waals surface area (Å²) in [5, 5.41) is 11.6. The first-order valence-electron chi connectivity index (χ1n) is 10.9. The fourth-order valence-corrected chi connectivity index (χ4v) is 5.48. The lowest BCUT2D eigenvalue weighted by molar-refractivity contribution is -0.386. The predicted molar refractivity (Wildman–Crippen MR) is 119 cm³/mol. The van der Waals surface area contributed by atoms with Crippen molar-refractivity contribution in [3.8, 4) is 23.0 Å². The molecule has 0 aliphatic carbocycles. The maximum absolute atomic E-state index is 14.2. The smallest absolute Gasteiger partial charge is 0.457 e.